The molecule has 4 atom stereocenters. The van der Waals surface area contributed by atoms with Gasteiger partial charge in [-0.2, -0.15) is 0 Å². The molecule has 4 heterocycles. The summed E-state index contributed by atoms with van der Waals surface area (Å²) in [6.07, 6.45) is 3.33. The van der Waals surface area contributed by atoms with Crippen LogP contribution in [0.1, 0.15) is 30.2 Å². The van der Waals surface area contributed by atoms with Crippen molar-refractivity contribution in [3.05, 3.63) is 104 Å². The number of carbonyl (C=O) groups excluding carboxylic acids is 1. The van der Waals surface area contributed by atoms with E-state index < -0.39 is 42.4 Å². The molecule has 15 heteroatoms. The molecule has 1 saturated heterocycles. The Hall–Kier alpha value is -4.73. The highest BCUT2D eigenvalue weighted by atomic mass is 28.4. The van der Waals surface area contributed by atoms with Gasteiger partial charge in [0, 0.05) is 66.8 Å². The zero-order valence-electron chi connectivity index (χ0n) is 27.1. The first-order valence-corrected chi connectivity index (χ1v) is 18.7. The standard InChI is InChI=1S/C33H37FN6O7Si/c1-21-30(48(3,4)34)28(12-15-37-20-23(13-16-41)35-36-37)47-33(21)26-18-25(40(44)45)10-11-27(26)39(32(33)43)19-22-7-5-8-24(17-22)38-14-6-9-29(46-2)31(38)42/h5-11,14,17-18,20-21,28,30,41H,12-13,15-16,19H2,1-4H3/t21-,28+,30-,33+/m1/s1. The van der Waals surface area contributed by atoms with Crippen LogP contribution in [0.15, 0.2) is 71.8 Å². The number of anilines is 1. The lowest BCUT2D eigenvalue weighted by Gasteiger charge is -2.31. The number of aryl methyl sites for hydroxylation is 1. The first kappa shape index (κ1) is 33.2. The van der Waals surface area contributed by atoms with Crippen LogP contribution in [0, 0.1) is 16.0 Å². The summed E-state index contributed by atoms with van der Waals surface area (Å²) >= 11 is 0. The molecule has 2 aromatic carbocycles. The Kier molecular flexibility index (Phi) is 8.78. The van der Waals surface area contributed by atoms with Crippen LogP contribution in [0.5, 0.6) is 5.75 Å². The fourth-order valence-electron chi connectivity index (χ4n) is 7.33. The number of nitro benzene ring substituents is 1. The molecule has 1 amide bonds. The van der Waals surface area contributed by atoms with Crippen molar-refractivity contribution in [2.45, 2.75) is 63.2 Å². The SMILES string of the molecule is COc1cccn(-c2cccc(CN3C(=O)[C@@]4(O[C@@H](CCn5cc(CCO)nn5)[C@H]([Si](C)(C)F)[C@H]4C)c4cc([N+](=O)[O-])ccc43)c2)c1=O. The number of aliphatic hydroxyl groups is 1. The second-order valence-electron chi connectivity index (χ2n) is 12.8. The molecule has 2 aliphatic heterocycles. The molecule has 0 aliphatic carbocycles. The summed E-state index contributed by atoms with van der Waals surface area (Å²) in [7, 11) is -2.06. The molecule has 48 heavy (non-hydrogen) atoms. The van der Waals surface area contributed by atoms with Gasteiger partial charge in [0.25, 0.3) is 17.2 Å². The lowest BCUT2D eigenvalue weighted by atomic mass is 9.82. The summed E-state index contributed by atoms with van der Waals surface area (Å²) in [5, 5.41) is 29.3. The number of carbonyl (C=O) groups is 1. The second-order valence-corrected chi connectivity index (χ2v) is 16.6. The quantitative estimate of drug-likeness (QED) is 0.106. The molecule has 4 aromatic rings. The van der Waals surface area contributed by atoms with Gasteiger partial charge in [0.05, 0.1) is 36.1 Å². The van der Waals surface area contributed by atoms with Gasteiger partial charge in [-0.15, -0.1) is 5.10 Å². The number of aromatic nitrogens is 4. The Morgan fingerprint density at radius 3 is 2.67 bits per heavy atom. The largest absolute Gasteiger partial charge is 0.491 e. The second kappa shape index (κ2) is 12.7. The van der Waals surface area contributed by atoms with Crippen LogP contribution in [0.3, 0.4) is 0 Å². The van der Waals surface area contributed by atoms with Crippen LogP contribution in [0.2, 0.25) is 18.6 Å². The van der Waals surface area contributed by atoms with Gasteiger partial charge in [0.2, 0.25) is 8.41 Å². The highest BCUT2D eigenvalue weighted by Crippen LogP contribution is 2.60. The molecule has 13 nitrogen and oxygen atoms in total. The molecule has 1 spiro atoms. The molecule has 0 bridgehead atoms. The van der Waals surface area contributed by atoms with Crippen molar-refractivity contribution in [3.63, 3.8) is 0 Å². The Balaban J connectivity index is 1.38. The van der Waals surface area contributed by atoms with Crippen LogP contribution in [-0.2, 0) is 34.6 Å². The van der Waals surface area contributed by atoms with Gasteiger partial charge < -0.3 is 23.6 Å². The van der Waals surface area contributed by atoms with Gasteiger partial charge in [-0.25, -0.2) is 0 Å². The first-order chi connectivity index (χ1) is 22.9. The lowest BCUT2D eigenvalue weighted by molar-refractivity contribution is -0.385. The summed E-state index contributed by atoms with van der Waals surface area (Å²) in [6, 6.07) is 14.7. The van der Waals surface area contributed by atoms with Crippen LogP contribution in [0.4, 0.5) is 15.5 Å². The number of aliphatic hydroxyl groups excluding tert-OH is 1. The number of ether oxygens (including phenoxy) is 2. The third-order valence-electron chi connectivity index (χ3n) is 9.41. The van der Waals surface area contributed by atoms with Crippen molar-refractivity contribution < 1.29 is 28.4 Å². The van der Waals surface area contributed by atoms with Crippen molar-refractivity contribution in [3.8, 4) is 11.4 Å². The summed E-state index contributed by atoms with van der Waals surface area (Å²) in [5.41, 5.74) is -0.146. The van der Waals surface area contributed by atoms with Gasteiger partial charge in [-0.3, -0.25) is 29.0 Å². The highest BCUT2D eigenvalue weighted by Gasteiger charge is 2.66. The molecule has 6 rings (SSSR count). The minimum absolute atomic E-state index is 0.0673. The topological polar surface area (TPSA) is 155 Å². The molecule has 0 saturated carbocycles. The number of non-ortho nitro benzene ring substituents is 1. The van der Waals surface area contributed by atoms with Crippen molar-refractivity contribution in [2.75, 3.05) is 18.6 Å². The number of nitro groups is 1. The van der Waals surface area contributed by atoms with E-state index in [9.17, 15) is 24.8 Å². The summed E-state index contributed by atoms with van der Waals surface area (Å²) < 4.78 is 31.2. The van der Waals surface area contributed by atoms with E-state index >= 15 is 4.11 Å². The predicted octanol–water partition coefficient (Wildman–Crippen LogP) is 4.29. The fourth-order valence-corrected chi connectivity index (χ4v) is 9.87. The summed E-state index contributed by atoms with van der Waals surface area (Å²) in [6.45, 7) is 5.33. The Bertz CT molecular complexity index is 1930. The van der Waals surface area contributed by atoms with E-state index in [4.69, 9.17) is 9.47 Å². The van der Waals surface area contributed by atoms with E-state index in [1.165, 1.54) is 28.7 Å². The molecule has 252 valence electrons. The molecule has 2 aliphatic rings. The van der Waals surface area contributed by atoms with Crippen molar-refractivity contribution >= 4 is 25.7 Å². The summed E-state index contributed by atoms with van der Waals surface area (Å²) in [4.78, 5) is 40.6. The number of hydrogen-bond acceptors (Lipinski definition) is 9. The van der Waals surface area contributed by atoms with E-state index in [1.807, 2.05) is 6.07 Å². The number of fused-ring (bicyclic) bond motifs is 2. The third-order valence-corrected chi connectivity index (χ3v) is 11.9. The molecule has 1 fully saturated rings. The zero-order valence-corrected chi connectivity index (χ0v) is 28.1. The molecular weight excluding hydrogens is 639 g/mol. The Labute approximate surface area is 276 Å². The lowest BCUT2D eigenvalue weighted by Crippen LogP contribution is -2.45. The van der Waals surface area contributed by atoms with Crippen LogP contribution in [-0.4, -0.2) is 63.7 Å². The van der Waals surface area contributed by atoms with Crippen molar-refractivity contribution in [1.82, 2.24) is 19.6 Å². The number of amides is 1. The minimum atomic E-state index is -3.48. The molecule has 0 unspecified atom stereocenters. The molecular formula is C33H37FN6O7Si. The maximum Gasteiger partial charge on any atom is 0.297 e. The third kappa shape index (κ3) is 5.71. The maximum absolute atomic E-state index is 16.2. The molecule has 0 radical (unpaired) electrons. The number of rotatable bonds is 11. The van der Waals surface area contributed by atoms with Crippen molar-refractivity contribution in [1.29, 1.82) is 0 Å². The van der Waals surface area contributed by atoms with Crippen LogP contribution < -0.4 is 15.2 Å². The number of nitrogens with zero attached hydrogens (tertiary/aromatic N) is 6. The van der Waals surface area contributed by atoms with E-state index in [0.717, 1.165) is 0 Å². The van der Waals surface area contributed by atoms with Gasteiger partial charge in [0.1, 0.15) is 0 Å². The maximum atomic E-state index is 16.2. The number of benzene rings is 2. The number of methoxy groups -OCH3 is 1. The normalized spacial score (nSPS) is 22.0. The Morgan fingerprint density at radius 1 is 1.17 bits per heavy atom. The fraction of sp³-hybridized carbons (Fsp3) is 0.394. The summed E-state index contributed by atoms with van der Waals surface area (Å²) in [5.74, 6) is -0.888. The Morgan fingerprint density at radius 2 is 1.96 bits per heavy atom. The van der Waals surface area contributed by atoms with Crippen molar-refractivity contribution in [2.24, 2.45) is 5.92 Å². The predicted molar refractivity (Wildman–Crippen MR) is 176 cm³/mol. The van der Waals surface area contributed by atoms with Gasteiger partial charge >= 0.3 is 0 Å². The van der Waals surface area contributed by atoms with E-state index in [-0.39, 0.29) is 30.1 Å². The zero-order chi connectivity index (χ0) is 34.4. The molecule has 2 aromatic heterocycles. The number of hydrogen-bond donors (Lipinski definition) is 1. The van der Waals surface area contributed by atoms with Gasteiger partial charge in [-0.05, 0) is 55.4 Å². The van der Waals surface area contributed by atoms with E-state index in [2.05, 4.69) is 10.3 Å². The number of pyridine rings is 1. The number of halogens is 1. The van der Waals surface area contributed by atoms with Crippen LogP contribution in [0.25, 0.3) is 5.69 Å². The molecule has 1 N–H and O–H groups in total. The highest BCUT2D eigenvalue weighted by molar-refractivity contribution is 6.72. The van der Waals surface area contributed by atoms with Crippen LogP contribution >= 0.6 is 0 Å². The minimum Gasteiger partial charge on any atom is -0.491 e. The smallest absolute Gasteiger partial charge is 0.297 e. The van der Waals surface area contributed by atoms with E-state index in [1.54, 1.807) is 73.5 Å². The van der Waals surface area contributed by atoms with E-state index in [0.29, 0.717) is 47.6 Å². The first-order valence-electron chi connectivity index (χ1n) is 15.7. The monoisotopic (exact) mass is 676 g/mol. The van der Waals surface area contributed by atoms with Gasteiger partial charge in [0.15, 0.2) is 11.4 Å². The average Bonchev–Trinajstić information content (AvgIpc) is 3.70. The average molecular weight is 677 g/mol. The van der Waals surface area contributed by atoms with Gasteiger partial charge in [-0.1, -0.05) is 24.3 Å².